The van der Waals surface area contributed by atoms with Gasteiger partial charge in [-0.05, 0) is 42.8 Å². The van der Waals surface area contributed by atoms with E-state index in [1.54, 1.807) is 7.11 Å². The largest absolute Gasteiger partial charge is 0.497 e. The summed E-state index contributed by atoms with van der Waals surface area (Å²) in [5.74, 6) is 2.75. The minimum absolute atomic E-state index is 0.515. The summed E-state index contributed by atoms with van der Waals surface area (Å²) in [4.78, 5) is 3.46. The van der Waals surface area contributed by atoms with E-state index in [2.05, 4.69) is 34.7 Å². The van der Waals surface area contributed by atoms with Gasteiger partial charge in [-0.25, -0.2) is 9.55 Å². The van der Waals surface area contributed by atoms with Gasteiger partial charge in [-0.15, -0.1) is 0 Å². The molecule has 22 heavy (non-hydrogen) atoms. The molecule has 0 bridgehead atoms. The summed E-state index contributed by atoms with van der Waals surface area (Å²) in [6.45, 7) is 3.68. The highest BCUT2D eigenvalue weighted by Crippen LogP contribution is 2.18. The highest BCUT2D eigenvalue weighted by molar-refractivity contribution is 5.70. The molecule has 4 heteroatoms. The Hall–Kier alpha value is -2.49. The molecule has 0 fully saturated rings. The van der Waals surface area contributed by atoms with Crippen molar-refractivity contribution >= 4 is 11.0 Å². The van der Waals surface area contributed by atoms with Crippen molar-refractivity contribution in [3.63, 3.8) is 0 Å². The first-order valence-corrected chi connectivity index (χ1v) is 7.58. The number of nitrogens with zero attached hydrogens (tertiary/aromatic N) is 1. The quantitative estimate of drug-likeness (QED) is 0.708. The molecule has 0 radical (unpaired) electrons. The zero-order valence-electron chi connectivity index (χ0n) is 13.0. The molecular weight excluding hydrogens is 276 g/mol. The number of aromatic amines is 1. The maximum atomic E-state index is 5.90. The number of para-hydroxylation sites is 2. The monoisotopic (exact) mass is 297 g/mol. The average Bonchev–Trinajstić information content (AvgIpc) is 2.92. The second-order valence-corrected chi connectivity index (χ2v) is 5.20. The SMILES string of the molecule is CCC[n+]1c(COc2ccc(OC)cc2)[nH]c2ccccc21. The summed E-state index contributed by atoms with van der Waals surface area (Å²) < 4.78 is 13.3. The van der Waals surface area contributed by atoms with Crippen LogP contribution in [0.25, 0.3) is 11.0 Å². The van der Waals surface area contributed by atoms with E-state index in [0.29, 0.717) is 6.61 Å². The molecule has 0 saturated heterocycles. The van der Waals surface area contributed by atoms with Gasteiger partial charge in [0.05, 0.1) is 13.7 Å². The predicted octanol–water partition coefficient (Wildman–Crippen LogP) is 3.45. The second kappa shape index (κ2) is 6.52. The van der Waals surface area contributed by atoms with Gasteiger partial charge in [-0.1, -0.05) is 19.1 Å². The predicted molar refractivity (Wildman–Crippen MR) is 86.1 cm³/mol. The van der Waals surface area contributed by atoms with Gasteiger partial charge in [0.2, 0.25) is 0 Å². The van der Waals surface area contributed by atoms with Crippen LogP contribution in [-0.2, 0) is 13.2 Å². The van der Waals surface area contributed by atoms with E-state index in [1.807, 2.05) is 30.3 Å². The Morgan fingerprint density at radius 1 is 1.00 bits per heavy atom. The first-order valence-electron chi connectivity index (χ1n) is 7.58. The summed E-state index contributed by atoms with van der Waals surface area (Å²) in [6, 6.07) is 16.0. The number of imidazole rings is 1. The third-order valence-corrected chi connectivity index (χ3v) is 3.68. The summed E-state index contributed by atoms with van der Waals surface area (Å²) in [5, 5.41) is 0. The fraction of sp³-hybridized carbons (Fsp3) is 0.278. The Morgan fingerprint density at radius 3 is 2.45 bits per heavy atom. The van der Waals surface area contributed by atoms with Gasteiger partial charge in [0.25, 0.3) is 5.82 Å². The lowest BCUT2D eigenvalue weighted by Gasteiger charge is -2.05. The van der Waals surface area contributed by atoms with Gasteiger partial charge in [0, 0.05) is 0 Å². The maximum absolute atomic E-state index is 5.90. The Kier molecular flexibility index (Phi) is 4.28. The molecule has 1 N–H and O–H groups in total. The van der Waals surface area contributed by atoms with Gasteiger partial charge in [-0.2, -0.15) is 0 Å². The van der Waals surface area contributed by atoms with Crippen LogP contribution in [0.4, 0.5) is 0 Å². The molecule has 0 aliphatic heterocycles. The van der Waals surface area contributed by atoms with E-state index >= 15 is 0 Å². The van der Waals surface area contributed by atoms with E-state index in [1.165, 1.54) is 5.52 Å². The number of rotatable bonds is 6. The lowest BCUT2D eigenvalue weighted by Crippen LogP contribution is -2.37. The van der Waals surface area contributed by atoms with Crippen molar-refractivity contribution in [3.8, 4) is 11.5 Å². The topological polar surface area (TPSA) is 38.1 Å². The lowest BCUT2D eigenvalue weighted by atomic mass is 10.3. The first kappa shape index (κ1) is 14.4. The number of aromatic nitrogens is 2. The smallest absolute Gasteiger partial charge is 0.293 e. The zero-order chi connectivity index (χ0) is 15.4. The number of fused-ring (bicyclic) bond motifs is 1. The third-order valence-electron chi connectivity index (χ3n) is 3.68. The highest BCUT2D eigenvalue weighted by atomic mass is 16.5. The van der Waals surface area contributed by atoms with Crippen LogP contribution in [0.2, 0.25) is 0 Å². The van der Waals surface area contributed by atoms with Crippen LogP contribution in [0.3, 0.4) is 0 Å². The molecule has 3 rings (SSSR count). The number of hydrogen-bond acceptors (Lipinski definition) is 2. The van der Waals surface area contributed by atoms with E-state index in [0.717, 1.165) is 35.8 Å². The van der Waals surface area contributed by atoms with Crippen LogP contribution < -0.4 is 14.0 Å². The van der Waals surface area contributed by atoms with Gasteiger partial charge in [-0.3, -0.25) is 0 Å². The zero-order valence-corrected chi connectivity index (χ0v) is 13.0. The molecule has 1 heterocycles. The van der Waals surface area contributed by atoms with E-state index in [-0.39, 0.29) is 0 Å². The van der Waals surface area contributed by atoms with E-state index in [9.17, 15) is 0 Å². The lowest BCUT2D eigenvalue weighted by molar-refractivity contribution is -0.680. The van der Waals surface area contributed by atoms with Gasteiger partial charge >= 0.3 is 0 Å². The first-order chi connectivity index (χ1) is 10.8. The van der Waals surface area contributed by atoms with Crippen molar-refractivity contribution in [2.45, 2.75) is 26.5 Å². The van der Waals surface area contributed by atoms with Crippen LogP contribution in [0.5, 0.6) is 11.5 Å². The van der Waals surface area contributed by atoms with Crippen LogP contribution >= 0.6 is 0 Å². The molecule has 1 aromatic heterocycles. The molecular formula is C18H21N2O2+. The Balaban J connectivity index is 1.81. The number of aryl methyl sites for hydroxylation is 1. The van der Waals surface area contributed by atoms with Crippen molar-refractivity contribution in [2.75, 3.05) is 7.11 Å². The van der Waals surface area contributed by atoms with Crippen LogP contribution in [0.1, 0.15) is 19.2 Å². The molecule has 0 aliphatic carbocycles. The third kappa shape index (κ3) is 2.91. The van der Waals surface area contributed by atoms with Crippen LogP contribution in [0.15, 0.2) is 48.5 Å². The molecule has 114 valence electrons. The van der Waals surface area contributed by atoms with Crippen molar-refractivity contribution < 1.29 is 14.0 Å². The molecule has 0 aliphatic rings. The number of H-pyrrole nitrogens is 1. The Morgan fingerprint density at radius 2 is 1.73 bits per heavy atom. The summed E-state index contributed by atoms with van der Waals surface area (Å²) in [5.41, 5.74) is 2.36. The number of hydrogen-bond donors (Lipinski definition) is 1. The standard InChI is InChI=1S/C18H20N2O2/c1-3-12-20-17-7-5-4-6-16(17)19-18(20)13-22-15-10-8-14(21-2)9-11-15/h4-11H,3,12-13H2,1-2H3/p+1. The van der Waals surface area contributed by atoms with E-state index < -0.39 is 0 Å². The number of methoxy groups -OCH3 is 1. The fourth-order valence-electron chi connectivity index (χ4n) is 2.60. The minimum atomic E-state index is 0.515. The fourth-order valence-corrected chi connectivity index (χ4v) is 2.60. The number of benzene rings is 2. The molecule has 4 nitrogen and oxygen atoms in total. The minimum Gasteiger partial charge on any atom is -0.497 e. The number of ether oxygens (including phenoxy) is 2. The van der Waals surface area contributed by atoms with Crippen molar-refractivity contribution in [3.05, 3.63) is 54.4 Å². The molecule has 0 atom stereocenters. The van der Waals surface area contributed by atoms with Gasteiger partial charge in [0.1, 0.15) is 11.5 Å². The van der Waals surface area contributed by atoms with Gasteiger partial charge in [0.15, 0.2) is 17.6 Å². The van der Waals surface area contributed by atoms with Crippen LogP contribution in [-0.4, -0.2) is 12.1 Å². The summed E-state index contributed by atoms with van der Waals surface area (Å²) in [6.07, 6.45) is 1.09. The normalized spacial score (nSPS) is 10.8. The number of nitrogens with one attached hydrogen (secondary N) is 1. The highest BCUT2D eigenvalue weighted by Gasteiger charge is 2.17. The average molecular weight is 297 g/mol. The molecule has 0 amide bonds. The van der Waals surface area contributed by atoms with Gasteiger partial charge < -0.3 is 9.47 Å². The summed E-state index contributed by atoms with van der Waals surface area (Å²) >= 11 is 0. The molecule has 3 aromatic rings. The van der Waals surface area contributed by atoms with Crippen molar-refractivity contribution in [1.82, 2.24) is 4.98 Å². The Labute approximate surface area is 130 Å². The van der Waals surface area contributed by atoms with Crippen molar-refractivity contribution in [2.24, 2.45) is 0 Å². The Bertz CT molecular complexity index is 747. The van der Waals surface area contributed by atoms with E-state index in [4.69, 9.17) is 9.47 Å². The molecule has 0 saturated carbocycles. The summed E-state index contributed by atoms with van der Waals surface area (Å²) in [7, 11) is 1.66. The maximum Gasteiger partial charge on any atom is 0.293 e. The molecule has 0 unspecified atom stereocenters. The second-order valence-electron chi connectivity index (χ2n) is 5.20. The van der Waals surface area contributed by atoms with Crippen LogP contribution in [0, 0.1) is 0 Å². The molecule has 0 spiro atoms. The van der Waals surface area contributed by atoms with Crippen molar-refractivity contribution in [1.29, 1.82) is 0 Å². The molecule has 2 aromatic carbocycles.